The van der Waals surface area contributed by atoms with Gasteiger partial charge < -0.3 is 5.11 Å². The van der Waals surface area contributed by atoms with Crippen LogP contribution in [0.4, 0.5) is 11.4 Å². The molecule has 0 saturated carbocycles. The molecule has 0 unspecified atom stereocenters. The van der Waals surface area contributed by atoms with Crippen molar-refractivity contribution in [2.45, 2.75) is 18.7 Å². The molecule has 26 heavy (non-hydrogen) atoms. The molecule has 3 aromatic carbocycles. The van der Waals surface area contributed by atoms with Crippen LogP contribution in [0.2, 0.25) is 0 Å². The van der Waals surface area contributed by atoms with Crippen molar-refractivity contribution >= 4 is 61.8 Å². The van der Waals surface area contributed by atoms with E-state index in [0.717, 1.165) is 11.1 Å². The molecule has 0 bridgehead atoms. The summed E-state index contributed by atoms with van der Waals surface area (Å²) in [5.74, 6) is -0.198. The van der Waals surface area contributed by atoms with Gasteiger partial charge in [0.05, 0.1) is 5.69 Å². The molecule has 0 aromatic heterocycles. The van der Waals surface area contributed by atoms with Crippen molar-refractivity contribution in [1.29, 1.82) is 0 Å². The zero-order valence-corrected chi connectivity index (χ0v) is 17.4. The minimum atomic E-state index is -4.39. The third kappa shape index (κ3) is 4.13. The summed E-state index contributed by atoms with van der Waals surface area (Å²) in [5.41, 5.74) is 2.96. The Morgan fingerprint density at radius 2 is 1.54 bits per heavy atom. The molecule has 2 N–H and O–H groups in total. The average Bonchev–Trinajstić information content (AvgIpc) is 2.54. The molecule has 129 valence electrons. The maximum atomic E-state index is 11.5. The van der Waals surface area contributed by atoms with Crippen LogP contribution in [0, 0.1) is 13.8 Å². The van der Waals surface area contributed by atoms with E-state index in [4.69, 9.17) is 0 Å². The summed E-state index contributed by atoms with van der Waals surface area (Å²) in [6.07, 6.45) is 0. The molecular formula is C18H16N2NaO4S. The van der Waals surface area contributed by atoms with Gasteiger partial charge in [0.2, 0.25) is 0 Å². The number of nitrogens with zero attached hydrogens (tertiary/aromatic N) is 2. The van der Waals surface area contributed by atoms with E-state index in [1.807, 2.05) is 32.0 Å². The monoisotopic (exact) mass is 379 g/mol. The Balaban J connectivity index is 0.00000243. The first-order valence-corrected chi connectivity index (χ1v) is 8.92. The number of fused-ring (bicyclic) bond motifs is 1. The second-order valence-electron chi connectivity index (χ2n) is 5.75. The molecule has 0 aliphatic heterocycles. The van der Waals surface area contributed by atoms with Crippen molar-refractivity contribution in [1.82, 2.24) is 0 Å². The summed E-state index contributed by atoms with van der Waals surface area (Å²) >= 11 is 0. The number of phenols is 1. The van der Waals surface area contributed by atoms with E-state index in [9.17, 15) is 18.1 Å². The predicted octanol–water partition coefficient (Wildman–Crippen LogP) is 4.44. The molecule has 3 rings (SSSR count). The molecule has 0 atom stereocenters. The minimum Gasteiger partial charge on any atom is -0.505 e. The van der Waals surface area contributed by atoms with E-state index in [1.165, 1.54) is 24.3 Å². The normalized spacial score (nSPS) is 11.7. The number of hydrogen-bond donors (Lipinski definition) is 2. The molecule has 0 aliphatic carbocycles. The van der Waals surface area contributed by atoms with Gasteiger partial charge in [-0.1, -0.05) is 35.9 Å². The van der Waals surface area contributed by atoms with E-state index in [2.05, 4.69) is 10.2 Å². The number of aryl methyl sites for hydroxylation is 2. The maximum absolute atomic E-state index is 11.5. The summed E-state index contributed by atoms with van der Waals surface area (Å²) in [7, 11) is -4.39. The van der Waals surface area contributed by atoms with Crippen molar-refractivity contribution in [3.05, 3.63) is 59.7 Å². The van der Waals surface area contributed by atoms with Gasteiger partial charge in [0, 0.05) is 40.3 Å². The Morgan fingerprint density at radius 1 is 0.885 bits per heavy atom. The molecule has 0 heterocycles. The molecule has 6 nitrogen and oxygen atoms in total. The quantitative estimate of drug-likeness (QED) is 0.399. The van der Waals surface area contributed by atoms with Gasteiger partial charge in [0.15, 0.2) is 5.75 Å². The molecule has 0 aliphatic rings. The molecule has 0 saturated heterocycles. The second kappa shape index (κ2) is 7.85. The summed E-state index contributed by atoms with van der Waals surface area (Å²) in [5, 5.41) is 19.1. The number of phenolic OH excluding ortho intramolecular Hbond substituents is 1. The zero-order valence-electron chi connectivity index (χ0n) is 14.6. The molecule has 0 amide bonds. The fraction of sp³-hybridized carbons (Fsp3) is 0.111. The number of rotatable bonds is 3. The summed E-state index contributed by atoms with van der Waals surface area (Å²) < 4.78 is 32.2. The predicted molar refractivity (Wildman–Crippen MR) is 101 cm³/mol. The Kier molecular flexibility index (Phi) is 6.21. The van der Waals surface area contributed by atoms with Crippen LogP contribution in [0.15, 0.2) is 63.7 Å². The third-order valence-electron chi connectivity index (χ3n) is 3.87. The molecule has 8 heteroatoms. The van der Waals surface area contributed by atoms with Gasteiger partial charge in [0.1, 0.15) is 10.6 Å². The van der Waals surface area contributed by atoms with Gasteiger partial charge in [-0.15, -0.1) is 5.11 Å². The van der Waals surface area contributed by atoms with Gasteiger partial charge in [-0.05, 0) is 37.6 Å². The standard InChI is InChI=1S/C18H16N2O4S.Na/c1-11-6-8-15(12(2)10-11)19-20-16-9-7-13-14(18(16)21)4-3-5-17(13)25(22,23)24;/h3-10,21H,1-2H3,(H,22,23,24);. The largest absolute Gasteiger partial charge is 0.505 e. The van der Waals surface area contributed by atoms with Gasteiger partial charge in [0.25, 0.3) is 10.1 Å². The number of benzene rings is 3. The number of azo groups is 1. The number of hydrogen-bond acceptors (Lipinski definition) is 5. The fourth-order valence-electron chi connectivity index (χ4n) is 2.63. The van der Waals surface area contributed by atoms with Crippen molar-refractivity contribution < 1.29 is 18.1 Å². The fourth-order valence-corrected chi connectivity index (χ4v) is 3.34. The van der Waals surface area contributed by atoms with E-state index < -0.39 is 10.1 Å². The van der Waals surface area contributed by atoms with Crippen molar-refractivity contribution in [3.8, 4) is 5.75 Å². The maximum Gasteiger partial charge on any atom is 0.295 e. The summed E-state index contributed by atoms with van der Waals surface area (Å²) in [4.78, 5) is -0.266. The van der Waals surface area contributed by atoms with Crippen molar-refractivity contribution in [3.63, 3.8) is 0 Å². The van der Waals surface area contributed by atoms with Crippen molar-refractivity contribution in [2.24, 2.45) is 10.2 Å². The minimum absolute atomic E-state index is 0. The van der Waals surface area contributed by atoms with Crippen LogP contribution in [0.1, 0.15) is 11.1 Å². The van der Waals surface area contributed by atoms with Crippen LogP contribution >= 0.6 is 0 Å². The Hall–Kier alpha value is -1.77. The SMILES string of the molecule is Cc1ccc(N=Nc2ccc3c(S(=O)(=O)O)cccc3c2O)c(C)c1.[Na]. The van der Waals surface area contributed by atoms with E-state index in [1.54, 1.807) is 6.07 Å². The second-order valence-corrected chi connectivity index (χ2v) is 7.14. The molecule has 1 radical (unpaired) electrons. The molecule has 0 spiro atoms. The Labute approximate surface area is 173 Å². The first kappa shape index (κ1) is 20.5. The molecular weight excluding hydrogens is 363 g/mol. The van der Waals surface area contributed by atoms with Crippen LogP contribution in [-0.4, -0.2) is 47.6 Å². The topological polar surface area (TPSA) is 99.3 Å². The van der Waals surface area contributed by atoms with Crippen LogP contribution in [-0.2, 0) is 10.1 Å². The van der Waals surface area contributed by atoms with Crippen LogP contribution in [0.5, 0.6) is 5.75 Å². The van der Waals surface area contributed by atoms with Crippen LogP contribution in [0.25, 0.3) is 10.8 Å². The number of aromatic hydroxyl groups is 1. The van der Waals surface area contributed by atoms with Crippen LogP contribution < -0.4 is 0 Å². The zero-order chi connectivity index (χ0) is 18.2. The Morgan fingerprint density at radius 3 is 2.19 bits per heavy atom. The summed E-state index contributed by atoms with van der Waals surface area (Å²) in [6.45, 7) is 3.90. The molecule has 0 fully saturated rings. The van der Waals surface area contributed by atoms with Gasteiger partial charge in [-0.3, -0.25) is 4.55 Å². The van der Waals surface area contributed by atoms with Gasteiger partial charge in [-0.2, -0.15) is 13.5 Å². The third-order valence-corrected chi connectivity index (χ3v) is 4.78. The first-order valence-electron chi connectivity index (χ1n) is 7.48. The average molecular weight is 379 g/mol. The van der Waals surface area contributed by atoms with E-state index in [0.29, 0.717) is 5.69 Å². The first-order chi connectivity index (χ1) is 11.8. The summed E-state index contributed by atoms with van der Waals surface area (Å²) in [6, 6.07) is 12.9. The van der Waals surface area contributed by atoms with E-state index >= 15 is 0 Å². The van der Waals surface area contributed by atoms with Gasteiger partial charge >= 0.3 is 0 Å². The smallest absolute Gasteiger partial charge is 0.295 e. The Bertz CT molecular complexity index is 1110. The molecule has 3 aromatic rings. The van der Waals surface area contributed by atoms with Crippen LogP contribution in [0.3, 0.4) is 0 Å². The van der Waals surface area contributed by atoms with E-state index in [-0.39, 0.29) is 56.7 Å². The van der Waals surface area contributed by atoms with Crippen molar-refractivity contribution in [2.75, 3.05) is 0 Å². The van der Waals surface area contributed by atoms with Gasteiger partial charge in [-0.25, -0.2) is 0 Å².